The first-order chi connectivity index (χ1) is 9.70. The predicted molar refractivity (Wildman–Crippen MR) is 89.0 cm³/mol. The standard InChI is InChI=1S/C15H33N5/c1-3-5-7-8-9-11-13-19-15(17)20-14(16)18-12-10-6-4-2/h3-13H2,1-2H3,(H5,16,17,18,19,20). The van der Waals surface area contributed by atoms with Gasteiger partial charge in [0.1, 0.15) is 0 Å². The van der Waals surface area contributed by atoms with Crippen molar-refractivity contribution in [2.75, 3.05) is 13.1 Å². The summed E-state index contributed by atoms with van der Waals surface area (Å²) >= 11 is 0. The van der Waals surface area contributed by atoms with E-state index in [2.05, 4.69) is 29.1 Å². The molecule has 0 atom stereocenters. The third-order valence-electron chi connectivity index (χ3n) is 3.09. The van der Waals surface area contributed by atoms with Gasteiger partial charge in [-0.25, -0.2) is 0 Å². The Balaban J connectivity index is 3.62. The number of aliphatic imine (C=N–C) groups is 2. The third kappa shape index (κ3) is 13.2. The summed E-state index contributed by atoms with van der Waals surface area (Å²) in [5.74, 6) is 0.737. The van der Waals surface area contributed by atoms with E-state index in [9.17, 15) is 0 Å². The van der Waals surface area contributed by atoms with Crippen molar-refractivity contribution in [3.63, 3.8) is 0 Å². The van der Waals surface area contributed by atoms with Gasteiger partial charge in [-0.2, -0.15) is 0 Å². The molecule has 0 unspecified atom stereocenters. The lowest BCUT2D eigenvalue weighted by Crippen LogP contribution is -2.41. The Bertz CT molecular complexity index is 273. The van der Waals surface area contributed by atoms with E-state index in [0.717, 1.165) is 25.9 Å². The minimum Gasteiger partial charge on any atom is -0.370 e. The van der Waals surface area contributed by atoms with Gasteiger partial charge in [0.05, 0.1) is 0 Å². The summed E-state index contributed by atoms with van der Waals surface area (Å²) < 4.78 is 0. The van der Waals surface area contributed by atoms with Crippen molar-refractivity contribution in [1.29, 1.82) is 0 Å². The van der Waals surface area contributed by atoms with Crippen LogP contribution in [0.5, 0.6) is 0 Å². The van der Waals surface area contributed by atoms with Crippen LogP contribution in [0.2, 0.25) is 0 Å². The molecule has 118 valence electrons. The van der Waals surface area contributed by atoms with Crippen LogP contribution in [-0.4, -0.2) is 25.0 Å². The molecule has 0 aliphatic carbocycles. The van der Waals surface area contributed by atoms with Crippen LogP contribution >= 0.6 is 0 Å². The summed E-state index contributed by atoms with van der Waals surface area (Å²) in [5, 5.41) is 2.82. The monoisotopic (exact) mass is 283 g/mol. The number of unbranched alkanes of at least 4 members (excludes halogenated alkanes) is 7. The summed E-state index contributed by atoms with van der Waals surface area (Å²) in [5.41, 5.74) is 11.5. The van der Waals surface area contributed by atoms with Crippen LogP contribution in [0.1, 0.15) is 71.6 Å². The van der Waals surface area contributed by atoms with Crippen molar-refractivity contribution in [2.45, 2.75) is 71.6 Å². The molecule has 0 heterocycles. The van der Waals surface area contributed by atoms with E-state index in [1.165, 1.54) is 44.9 Å². The second-order valence-electron chi connectivity index (χ2n) is 5.13. The molecule has 0 fully saturated rings. The molecule has 0 bridgehead atoms. The van der Waals surface area contributed by atoms with Crippen LogP contribution in [0.15, 0.2) is 9.98 Å². The molecular formula is C15H33N5. The Morgan fingerprint density at radius 1 is 0.700 bits per heavy atom. The van der Waals surface area contributed by atoms with Gasteiger partial charge in [-0.1, -0.05) is 58.8 Å². The molecule has 5 N–H and O–H groups in total. The lowest BCUT2D eigenvalue weighted by molar-refractivity contribution is 0.612. The van der Waals surface area contributed by atoms with Gasteiger partial charge in [0.15, 0.2) is 11.9 Å². The lowest BCUT2D eigenvalue weighted by Gasteiger charge is -2.05. The lowest BCUT2D eigenvalue weighted by atomic mass is 10.1. The molecule has 20 heavy (non-hydrogen) atoms. The Morgan fingerprint density at radius 2 is 1.10 bits per heavy atom. The minimum atomic E-state index is 0.366. The Hall–Kier alpha value is -1.26. The predicted octanol–water partition coefficient (Wildman–Crippen LogP) is 2.76. The van der Waals surface area contributed by atoms with Gasteiger partial charge in [0.25, 0.3) is 0 Å². The highest BCUT2D eigenvalue weighted by Gasteiger charge is 1.95. The maximum Gasteiger partial charge on any atom is 0.195 e. The van der Waals surface area contributed by atoms with E-state index >= 15 is 0 Å². The summed E-state index contributed by atoms with van der Waals surface area (Å²) in [6, 6.07) is 0. The van der Waals surface area contributed by atoms with E-state index in [1.807, 2.05) is 0 Å². The van der Waals surface area contributed by atoms with Crippen molar-refractivity contribution in [1.82, 2.24) is 5.32 Å². The molecule has 0 aromatic carbocycles. The highest BCUT2D eigenvalue weighted by Crippen LogP contribution is 2.04. The quantitative estimate of drug-likeness (QED) is 0.309. The zero-order valence-corrected chi connectivity index (χ0v) is 13.3. The number of nitrogens with two attached hydrogens (primary N) is 2. The molecular weight excluding hydrogens is 250 g/mol. The molecule has 0 aliphatic heterocycles. The van der Waals surface area contributed by atoms with Gasteiger partial charge in [0.2, 0.25) is 0 Å². The Labute approximate surface area is 124 Å². The first-order valence-corrected chi connectivity index (χ1v) is 8.07. The molecule has 5 nitrogen and oxygen atoms in total. The van der Waals surface area contributed by atoms with Gasteiger partial charge in [-0.3, -0.25) is 15.3 Å². The summed E-state index contributed by atoms with van der Waals surface area (Å²) in [6.45, 7) is 5.90. The normalized spacial score (nSPS) is 12.7. The topological polar surface area (TPSA) is 88.8 Å². The van der Waals surface area contributed by atoms with Gasteiger partial charge in [-0.15, -0.1) is 0 Å². The average Bonchev–Trinajstić information content (AvgIpc) is 2.42. The largest absolute Gasteiger partial charge is 0.370 e. The van der Waals surface area contributed by atoms with Crippen LogP contribution < -0.4 is 16.8 Å². The van der Waals surface area contributed by atoms with Gasteiger partial charge < -0.3 is 11.5 Å². The molecule has 5 heteroatoms. The van der Waals surface area contributed by atoms with Crippen molar-refractivity contribution >= 4 is 11.9 Å². The van der Waals surface area contributed by atoms with E-state index in [4.69, 9.17) is 11.5 Å². The maximum atomic E-state index is 5.75. The van der Waals surface area contributed by atoms with Crippen molar-refractivity contribution in [3.05, 3.63) is 0 Å². The summed E-state index contributed by atoms with van der Waals surface area (Å²) in [7, 11) is 0. The Kier molecular flexibility index (Phi) is 13.3. The smallest absolute Gasteiger partial charge is 0.195 e. The zero-order chi connectivity index (χ0) is 15.1. The number of nitrogens with zero attached hydrogens (tertiary/aromatic N) is 2. The Morgan fingerprint density at radius 3 is 1.65 bits per heavy atom. The fraction of sp³-hybridized carbons (Fsp3) is 0.867. The van der Waals surface area contributed by atoms with Gasteiger partial charge >= 0.3 is 0 Å². The highest BCUT2D eigenvalue weighted by molar-refractivity contribution is 5.96. The molecule has 0 aromatic rings. The molecule has 0 aliphatic rings. The maximum absolute atomic E-state index is 5.75. The fourth-order valence-electron chi connectivity index (χ4n) is 1.86. The van der Waals surface area contributed by atoms with Crippen LogP contribution in [-0.2, 0) is 0 Å². The van der Waals surface area contributed by atoms with E-state index < -0.39 is 0 Å². The first-order valence-electron chi connectivity index (χ1n) is 8.07. The van der Waals surface area contributed by atoms with Crippen molar-refractivity contribution in [3.8, 4) is 0 Å². The number of nitrogens with one attached hydrogen (secondary N) is 1. The van der Waals surface area contributed by atoms with Crippen LogP contribution in [0, 0.1) is 0 Å². The first kappa shape index (κ1) is 18.7. The molecule has 0 aromatic heterocycles. The molecule has 0 saturated carbocycles. The highest BCUT2D eigenvalue weighted by atomic mass is 15.2. The van der Waals surface area contributed by atoms with Gasteiger partial charge in [-0.05, 0) is 12.8 Å². The number of hydrogen-bond donors (Lipinski definition) is 3. The molecule has 0 spiro atoms. The number of rotatable bonds is 11. The SMILES string of the molecule is CCCCCCCCN=C(N)NC(N)=NCCCCC. The van der Waals surface area contributed by atoms with E-state index in [0.29, 0.717) is 11.9 Å². The van der Waals surface area contributed by atoms with Crippen LogP contribution in [0.25, 0.3) is 0 Å². The third-order valence-corrected chi connectivity index (χ3v) is 3.09. The number of hydrogen-bond acceptors (Lipinski definition) is 2. The van der Waals surface area contributed by atoms with E-state index in [-0.39, 0.29) is 0 Å². The second kappa shape index (κ2) is 14.2. The van der Waals surface area contributed by atoms with Crippen molar-refractivity contribution < 1.29 is 0 Å². The summed E-state index contributed by atoms with van der Waals surface area (Å²) in [4.78, 5) is 8.45. The molecule has 0 amide bonds. The zero-order valence-electron chi connectivity index (χ0n) is 13.3. The van der Waals surface area contributed by atoms with Crippen molar-refractivity contribution in [2.24, 2.45) is 21.5 Å². The minimum absolute atomic E-state index is 0.366. The second-order valence-corrected chi connectivity index (χ2v) is 5.13. The fourth-order valence-corrected chi connectivity index (χ4v) is 1.86. The van der Waals surface area contributed by atoms with E-state index in [1.54, 1.807) is 0 Å². The van der Waals surface area contributed by atoms with Crippen LogP contribution in [0.3, 0.4) is 0 Å². The summed E-state index contributed by atoms with van der Waals surface area (Å²) in [6.07, 6.45) is 11.0. The molecule has 0 radical (unpaired) electrons. The molecule has 0 rings (SSSR count). The van der Waals surface area contributed by atoms with Crippen LogP contribution in [0.4, 0.5) is 0 Å². The van der Waals surface area contributed by atoms with Gasteiger partial charge in [0, 0.05) is 13.1 Å². The average molecular weight is 283 g/mol. The molecule has 0 saturated heterocycles. The number of guanidine groups is 2.